The molecule has 0 radical (unpaired) electrons. The van der Waals surface area contributed by atoms with Gasteiger partial charge in [-0.05, 0) is 67.3 Å². The average molecular weight is 466 g/mol. The van der Waals surface area contributed by atoms with E-state index in [0.717, 1.165) is 17.7 Å². The molecule has 0 N–H and O–H groups in total. The third kappa shape index (κ3) is 3.76. The summed E-state index contributed by atoms with van der Waals surface area (Å²) in [5.41, 5.74) is 1.57. The summed E-state index contributed by atoms with van der Waals surface area (Å²) in [6.07, 6.45) is 0.724. The van der Waals surface area contributed by atoms with Gasteiger partial charge in [0, 0.05) is 10.6 Å². The van der Waals surface area contributed by atoms with E-state index in [0.29, 0.717) is 10.6 Å². The van der Waals surface area contributed by atoms with Gasteiger partial charge in [0.2, 0.25) is 17.6 Å². The van der Waals surface area contributed by atoms with E-state index in [1.807, 2.05) is 18.2 Å². The molecule has 2 saturated carbocycles. The zero-order valence-corrected chi connectivity index (χ0v) is 18.9. The highest BCUT2D eigenvalue weighted by Gasteiger charge is 2.64. The number of esters is 1. The predicted molar refractivity (Wildman–Crippen MR) is 120 cm³/mol. The van der Waals surface area contributed by atoms with Gasteiger partial charge in [0.25, 0.3) is 0 Å². The molecule has 0 aromatic heterocycles. The number of hydrogen-bond acceptors (Lipinski definition) is 5. The van der Waals surface area contributed by atoms with E-state index >= 15 is 0 Å². The topological polar surface area (TPSA) is 80.8 Å². The summed E-state index contributed by atoms with van der Waals surface area (Å²) >= 11 is 5.85. The summed E-state index contributed by atoms with van der Waals surface area (Å²) in [5.74, 6) is -1.88. The second kappa shape index (κ2) is 8.41. The molecule has 3 aliphatic rings. The van der Waals surface area contributed by atoms with Gasteiger partial charge in [-0.15, -0.1) is 0 Å². The van der Waals surface area contributed by atoms with E-state index in [1.54, 1.807) is 24.3 Å². The molecule has 7 heteroatoms. The Morgan fingerprint density at radius 3 is 2.36 bits per heavy atom. The minimum atomic E-state index is -1.04. The molecule has 6 atom stereocenters. The molecule has 6 nitrogen and oxygen atoms in total. The van der Waals surface area contributed by atoms with Gasteiger partial charge in [-0.25, -0.2) is 0 Å². The van der Waals surface area contributed by atoms with Gasteiger partial charge in [0.15, 0.2) is 6.10 Å². The molecule has 0 spiro atoms. The standard InChI is InChI=1S/C26H24ClNO5/c1-14(24(30)16-7-9-18(27)10-8-16)33-21(29)13-28-25(31)22-17-11-19(15-5-3-2-4-6-15)20(12-17)23(22)26(28)32/h2-10,14,17,19-20,22-23H,11-13H2,1H3/t14-,17-,19+,20-,22+,23+/m1/s1. The molecule has 2 aromatic rings. The van der Waals surface area contributed by atoms with Crippen LogP contribution in [0.3, 0.4) is 0 Å². The van der Waals surface area contributed by atoms with E-state index in [4.69, 9.17) is 16.3 Å². The maximum atomic E-state index is 13.2. The van der Waals surface area contributed by atoms with Gasteiger partial charge >= 0.3 is 5.97 Å². The number of nitrogens with zero attached hydrogens (tertiary/aromatic N) is 1. The summed E-state index contributed by atoms with van der Waals surface area (Å²) in [6.45, 7) is 1.01. The van der Waals surface area contributed by atoms with Crippen molar-refractivity contribution in [3.8, 4) is 0 Å². The van der Waals surface area contributed by atoms with E-state index in [2.05, 4.69) is 12.1 Å². The first-order valence-corrected chi connectivity index (χ1v) is 11.6. The maximum absolute atomic E-state index is 13.2. The third-order valence-electron chi connectivity index (χ3n) is 7.43. The Hall–Kier alpha value is -2.99. The van der Waals surface area contributed by atoms with Crippen molar-refractivity contribution >= 4 is 35.2 Å². The predicted octanol–water partition coefficient (Wildman–Crippen LogP) is 3.88. The minimum absolute atomic E-state index is 0.116. The number of Topliss-reactive ketones (excluding diaryl/α,β-unsaturated/α-hetero) is 1. The molecule has 2 bridgehead atoms. The highest BCUT2D eigenvalue weighted by molar-refractivity contribution is 6.30. The van der Waals surface area contributed by atoms with Crippen LogP contribution >= 0.6 is 11.6 Å². The molecule has 3 fully saturated rings. The lowest BCUT2D eigenvalue weighted by atomic mass is 9.73. The summed E-state index contributed by atoms with van der Waals surface area (Å²) < 4.78 is 5.27. The summed E-state index contributed by atoms with van der Waals surface area (Å²) in [4.78, 5) is 52.3. The molecule has 0 unspecified atom stereocenters. The van der Waals surface area contributed by atoms with Crippen LogP contribution in [-0.2, 0) is 19.1 Å². The van der Waals surface area contributed by atoms with Gasteiger partial charge in [-0.1, -0.05) is 41.9 Å². The molecule has 2 aliphatic carbocycles. The lowest BCUT2D eigenvalue weighted by Crippen LogP contribution is -2.39. The molecule has 170 valence electrons. The van der Waals surface area contributed by atoms with E-state index in [1.165, 1.54) is 12.5 Å². The number of ketones is 1. The largest absolute Gasteiger partial charge is 0.453 e. The van der Waals surface area contributed by atoms with Crippen molar-refractivity contribution in [1.82, 2.24) is 4.90 Å². The first kappa shape index (κ1) is 21.8. The molecular formula is C26H24ClNO5. The lowest BCUT2D eigenvalue weighted by Gasteiger charge is -2.28. The van der Waals surface area contributed by atoms with E-state index < -0.39 is 18.6 Å². The zero-order valence-electron chi connectivity index (χ0n) is 18.1. The van der Waals surface area contributed by atoms with Crippen LogP contribution in [0.25, 0.3) is 0 Å². The smallest absolute Gasteiger partial charge is 0.326 e. The first-order chi connectivity index (χ1) is 15.8. The summed E-state index contributed by atoms with van der Waals surface area (Å²) in [7, 11) is 0. The van der Waals surface area contributed by atoms with Crippen molar-refractivity contribution in [2.24, 2.45) is 23.7 Å². The maximum Gasteiger partial charge on any atom is 0.326 e. The van der Waals surface area contributed by atoms with Crippen molar-refractivity contribution in [2.75, 3.05) is 6.54 Å². The fourth-order valence-corrected chi connectivity index (χ4v) is 6.15. The lowest BCUT2D eigenvalue weighted by molar-refractivity contribution is -0.155. The molecule has 5 rings (SSSR count). The number of amides is 2. The van der Waals surface area contributed by atoms with E-state index in [9.17, 15) is 19.2 Å². The Labute approximate surface area is 196 Å². The molecular weight excluding hydrogens is 442 g/mol. The van der Waals surface area contributed by atoms with Gasteiger partial charge in [-0.3, -0.25) is 24.1 Å². The van der Waals surface area contributed by atoms with Crippen LogP contribution in [0.1, 0.15) is 41.6 Å². The Balaban J connectivity index is 1.24. The van der Waals surface area contributed by atoms with Crippen LogP contribution in [-0.4, -0.2) is 41.1 Å². The van der Waals surface area contributed by atoms with Crippen molar-refractivity contribution in [2.45, 2.75) is 31.8 Å². The summed E-state index contributed by atoms with van der Waals surface area (Å²) in [5, 5.41) is 0.497. The number of benzene rings is 2. The number of likely N-dealkylation sites (tertiary alicyclic amines) is 1. The van der Waals surface area contributed by atoms with Crippen LogP contribution in [0.2, 0.25) is 5.02 Å². The average Bonchev–Trinajstić information content (AvgIpc) is 3.47. The Morgan fingerprint density at radius 2 is 1.67 bits per heavy atom. The molecule has 2 aromatic carbocycles. The number of fused-ring (bicyclic) bond motifs is 5. The number of rotatable bonds is 6. The van der Waals surface area contributed by atoms with Crippen molar-refractivity contribution in [3.05, 3.63) is 70.7 Å². The number of hydrogen-bond donors (Lipinski definition) is 0. The van der Waals surface area contributed by atoms with Gasteiger partial charge in [0.1, 0.15) is 6.54 Å². The second-order valence-electron chi connectivity index (χ2n) is 9.23. The number of halogens is 1. The fraction of sp³-hybridized carbons (Fsp3) is 0.385. The second-order valence-corrected chi connectivity index (χ2v) is 9.67. The van der Waals surface area contributed by atoms with Crippen LogP contribution in [0.5, 0.6) is 0 Å². The quantitative estimate of drug-likeness (QED) is 0.367. The molecule has 2 amide bonds. The summed E-state index contributed by atoms with van der Waals surface area (Å²) in [6, 6.07) is 16.4. The number of ether oxygens (including phenoxy) is 1. The molecule has 1 saturated heterocycles. The zero-order chi connectivity index (χ0) is 23.3. The number of imide groups is 1. The van der Waals surface area contributed by atoms with Crippen LogP contribution in [0.4, 0.5) is 0 Å². The monoisotopic (exact) mass is 465 g/mol. The van der Waals surface area contributed by atoms with Crippen LogP contribution in [0.15, 0.2) is 54.6 Å². The molecule has 1 aliphatic heterocycles. The van der Waals surface area contributed by atoms with Crippen molar-refractivity contribution in [3.63, 3.8) is 0 Å². The Morgan fingerprint density at radius 1 is 1.00 bits per heavy atom. The molecule has 1 heterocycles. The first-order valence-electron chi connectivity index (χ1n) is 11.2. The third-order valence-corrected chi connectivity index (χ3v) is 7.68. The number of carbonyl (C=O) groups is 4. The Kier molecular flexibility index (Phi) is 5.57. The highest BCUT2D eigenvalue weighted by atomic mass is 35.5. The van der Waals surface area contributed by atoms with E-state index in [-0.39, 0.29) is 47.2 Å². The van der Waals surface area contributed by atoms with Crippen LogP contribution < -0.4 is 0 Å². The van der Waals surface area contributed by atoms with Crippen molar-refractivity contribution < 1.29 is 23.9 Å². The number of carbonyl (C=O) groups excluding carboxylic acids is 4. The van der Waals surface area contributed by atoms with Crippen LogP contribution in [0, 0.1) is 23.7 Å². The molecule has 33 heavy (non-hydrogen) atoms. The Bertz CT molecular complexity index is 1120. The highest BCUT2D eigenvalue weighted by Crippen LogP contribution is 2.61. The van der Waals surface area contributed by atoms with Gasteiger partial charge in [-0.2, -0.15) is 0 Å². The normalized spacial score (nSPS) is 28.7. The van der Waals surface area contributed by atoms with Gasteiger partial charge in [0.05, 0.1) is 11.8 Å². The fourth-order valence-electron chi connectivity index (χ4n) is 6.03. The SMILES string of the molecule is C[C@@H](OC(=O)CN1C(=O)[C@H]2[C@H]3C[C@@H]([C@@H]2C1=O)[C@H](c1ccccc1)C3)C(=O)c1ccc(Cl)cc1. The van der Waals surface area contributed by atoms with Gasteiger partial charge < -0.3 is 4.74 Å². The minimum Gasteiger partial charge on any atom is -0.453 e. The van der Waals surface area contributed by atoms with Crippen molar-refractivity contribution in [1.29, 1.82) is 0 Å².